The Hall–Kier alpha value is -2.37. The molecule has 1 heterocycles. The molecule has 1 N–H and O–H groups in total. The quantitative estimate of drug-likeness (QED) is 0.271. The number of nitrogens with zero attached hydrogens (tertiary/aromatic N) is 2. The van der Waals surface area contributed by atoms with Gasteiger partial charge in [-0.2, -0.15) is 5.10 Å². The van der Waals surface area contributed by atoms with E-state index in [9.17, 15) is 4.79 Å². The van der Waals surface area contributed by atoms with Gasteiger partial charge in [0.25, 0.3) is 0 Å². The van der Waals surface area contributed by atoms with Crippen molar-refractivity contribution >= 4 is 46.4 Å². The van der Waals surface area contributed by atoms with Gasteiger partial charge in [-0.3, -0.25) is 4.79 Å². The molecule has 3 aromatic rings. The zero-order chi connectivity index (χ0) is 19.2. The van der Waals surface area contributed by atoms with E-state index < -0.39 is 0 Å². The van der Waals surface area contributed by atoms with E-state index in [0.717, 1.165) is 21.4 Å². The molecule has 27 heavy (non-hydrogen) atoms. The standard InChI is InChI=1S/C21H20ClN3OS/c1-14-4-7-18(8-5-14)27-10-9-20(26)25-23-13-17-12-16-6-3-15(2)11-19(16)24-21(17)22/h3-8,11-13H,9-10H2,1-2H3,(H,25,26)/b23-13-. The monoisotopic (exact) mass is 397 g/mol. The van der Waals surface area contributed by atoms with Crippen molar-refractivity contribution in [3.8, 4) is 0 Å². The highest BCUT2D eigenvalue weighted by Gasteiger charge is 2.04. The van der Waals surface area contributed by atoms with E-state index in [1.807, 2.05) is 31.2 Å². The molecule has 1 amide bonds. The molecular weight excluding hydrogens is 378 g/mol. The van der Waals surface area contributed by atoms with Crippen LogP contribution in [-0.4, -0.2) is 22.9 Å². The maximum absolute atomic E-state index is 11.9. The Kier molecular flexibility index (Phi) is 6.48. The first-order valence-corrected chi connectivity index (χ1v) is 9.96. The molecule has 0 atom stereocenters. The summed E-state index contributed by atoms with van der Waals surface area (Å²) < 4.78 is 0. The molecule has 6 heteroatoms. The number of pyridine rings is 1. The van der Waals surface area contributed by atoms with Gasteiger partial charge in [0.2, 0.25) is 5.91 Å². The average molecular weight is 398 g/mol. The second-order valence-corrected chi connectivity index (χ2v) is 7.80. The van der Waals surface area contributed by atoms with Crippen LogP contribution in [0.2, 0.25) is 5.15 Å². The first-order chi connectivity index (χ1) is 13.0. The number of hydrazone groups is 1. The third-order valence-electron chi connectivity index (χ3n) is 3.97. The summed E-state index contributed by atoms with van der Waals surface area (Å²) in [7, 11) is 0. The molecule has 0 unspecified atom stereocenters. The molecule has 0 saturated heterocycles. The summed E-state index contributed by atoms with van der Waals surface area (Å²) in [6.45, 7) is 4.06. The van der Waals surface area contributed by atoms with E-state index in [2.05, 4.69) is 46.7 Å². The highest BCUT2D eigenvalue weighted by Crippen LogP contribution is 2.21. The molecule has 0 aliphatic heterocycles. The molecule has 0 fully saturated rings. The first kappa shape index (κ1) is 19.4. The lowest BCUT2D eigenvalue weighted by atomic mass is 10.1. The molecule has 0 aliphatic rings. The molecular formula is C21H20ClN3OS. The van der Waals surface area contributed by atoms with Crippen LogP contribution in [0.15, 0.2) is 58.5 Å². The zero-order valence-electron chi connectivity index (χ0n) is 15.2. The lowest BCUT2D eigenvalue weighted by Crippen LogP contribution is -2.17. The number of benzene rings is 2. The number of hydrogen-bond donors (Lipinski definition) is 1. The number of hydrogen-bond acceptors (Lipinski definition) is 4. The summed E-state index contributed by atoms with van der Waals surface area (Å²) in [6.07, 6.45) is 1.92. The fraction of sp³-hybridized carbons (Fsp3) is 0.190. The molecule has 2 aromatic carbocycles. The van der Waals surface area contributed by atoms with E-state index in [1.54, 1.807) is 11.8 Å². The molecule has 3 rings (SSSR count). The maximum atomic E-state index is 11.9. The molecule has 138 valence electrons. The third-order valence-corrected chi connectivity index (χ3v) is 5.28. The van der Waals surface area contributed by atoms with E-state index in [-0.39, 0.29) is 5.91 Å². The lowest BCUT2D eigenvalue weighted by Gasteiger charge is -2.04. The second kappa shape index (κ2) is 9.02. The van der Waals surface area contributed by atoms with Crippen molar-refractivity contribution in [1.29, 1.82) is 0 Å². The summed E-state index contributed by atoms with van der Waals surface area (Å²) in [4.78, 5) is 17.5. The van der Waals surface area contributed by atoms with Crippen LogP contribution >= 0.6 is 23.4 Å². The molecule has 1 aromatic heterocycles. The van der Waals surface area contributed by atoms with Crippen molar-refractivity contribution in [2.45, 2.75) is 25.2 Å². The second-order valence-electron chi connectivity index (χ2n) is 6.27. The Balaban J connectivity index is 1.53. The molecule has 4 nitrogen and oxygen atoms in total. The summed E-state index contributed by atoms with van der Waals surface area (Å²) in [5, 5.41) is 5.35. The maximum Gasteiger partial charge on any atom is 0.240 e. The molecule has 0 aliphatic carbocycles. The minimum Gasteiger partial charge on any atom is -0.273 e. The predicted molar refractivity (Wildman–Crippen MR) is 114 cm³/mol. The number of thioether (sulfide) groups is 1. The Labute approximate surface area is 168 Å². The van der Waals surface area contributed by atoms with Crippen molar-refractivity contribution in [3.05, 3.63) is 70.4 Å². The number of carbonyl (C=O) groups is 1. The van der Waals surface area contributed by atoms with Gasteiger partial charge in [0.1, 0.15) is 5.15 Å². The van der Waals surface area contributed by atoms with Gasteiger partial charge in [0, 0.05) is 28.0 Å². The smallest absolute Gasteiger partial charge is 0.240 e. The Bertz CT molecular complexity index is 987. The van der Waals surface area contributed by atoms with Crippen molar-refractivity contribution in [3.63, 3.8) is 0 Å². The van der Waals surface area contributed by atoms with Crippen LogP contribution in [0.25, 0.3) is 10.9 Å². The SMILES string of the molecule is Cc1ccc(SCCC(=O)N/N=C\c2cc3ccc(C)cc3nc2Cl)cc1. The highest BCUT2D eigenvalue weighted by molar-refractivity contribution is 7.99. The van der Waals surface area contributed by atoms with Gasteiger partial charge in [-0.25, -0.2) is 10.4 Å². The number of carbonyl (C=O) groups excluding carboxylic acids is 1. The van der Waals surface area contributed by atoms with Crippen molar-refractivity contribution in [2.75, 3.05) is 5.75 Å². The van der Waals surface area contributed by atoms with Gasteiger partial charge in [-0.15, -0.1) is 11.8 Å². The van der Waals surface area contributed by atoms with Gasteiger partial charge in [-0.1, -0.05) is 41.4 Å². The molecule has 0 spiro atoms. The lowest BCUT2D eigenvalue weighted by molar-refractivity contribution is -0.120. The number of halogens is 1. The Morgan fingerprint density at radius 2 is 1.89 bits per heavy atom. The van der Waals surface area contributed by atoms with Crippen LogP contribution in [0.4, 0.5) is 0 Å². The Morgan fingerprint density at radius 1 is 1.15 bits per heavy atom. The average Bonchev–Trinajstić information content (AvgIpc) is 2.64. The number of amides is 1. The van der Waals surface area contributed by atoms with Crippen molar-refractivity contribution in [2.24, 2.45) is 5.10 Å². The fourth-order valence-electron chi connectivity index (χ4n) is 2.49. The van der Waals surface area contributed by atoms with Crippen LogP contribution in [0.1, 0.15) is 23.1 Å². The van der Waals surface area contributed by atoms with Gasteiger partial charge in [0.15, 0.2) is 0 Å². The molecule has 0 radical (unpaired) electrons. The molecule has 0 saturated carbocycles. The van der Waals surface area contributed by atoms with Gasteiger partial charge >= 0.3 is 0 Å². The van der Waals surface area contributed by atoms with Crippen molar-refractivity contribution in [1.82, 2.24) is 10.4 Å². The summed E-state index contributed by atoms with van der Waals surface area (Å²) >= 11 is 7.86. The number of fused-ring (bicyclic) bond motifs is 1. The fourth-order valence-corrected chi connectivity index (χ4v) is 3.53. The van der Waals surface area contributed by atoms with E-state index in [0.29, 0.717) is 22.9 Å². The van der Waals surface area contributed by atoms with E-state index >= 15 is 0 Å². The summed E-state index contributed by atoms with van der Waals surface area (Å²) in [5.74, 6) is 0.563. The topological polar surface area (TPSA) is 54.4 Å². The number of aromatic nitrogens is 1. The van der Waals surface area contributed by atoms with Gasteiger partial charge < -0.3 is 0 Å². The van der Waals surface area contributed by atoms with E-state index in [1.165, 1.54) is 11.8 Å². The number of aryl methyl sites for hydroxylation is 2. The third kappa shape index (κ3) is 5.55. The first-order valence-electron chi connectivity index (χ1n) is 8.59. The van der Waals surface area contributed by atoms with Crippen LogP contribution in [-0.2, 0) is 4.79 Å². The Morgan fingerprint density at radius 3 is 2.67 bits per heavy atom. The van der Waals surface area contributed by atoms with Crippen LogP contribution < -0.4 is 5.43 Å². The van der Waals surface area contributed by atoms with Crippen LogP contribution in [0.3, 0.4) is 0 Å². The van der Waals surface area contributed by atoms with Crippen molar-refractivity contribution < 1.29 is 4.79 Å². The summed E-state index contributed by atoms with van der Waals surface area (Å²) in [5.41, 5.74) is 6.41. The minimum absolute atomic E-state index is 0.133. The number of nitrogens with one attached hydrogen (secondary N) is 1. The van der Waals surface area contributed by atoms with E-state index in [4.69, 9.17) is 11.6 Å². The largest absolute Gasteiger partial charge is 0.273 e. The minimum atomic E-state index is -0.133. The van der Waals surface area contributed by atoms with Crippen LogP contribution in [0.5, 0.6) is 0 Å². The molecule has 0 bridgehead atoms. The van der Waals surface area contributed by atoms with Crippen LogP contribution in [0, 0.1) is 13.8 Å². The summed E-state index contributed by atoms with van der Waals surface area (Å²) in [6, 6.07) is 16.2. The van der Waals surface area contributed by atoms with Gasteiger partial charge in [-0.05, 0) is 43.7 Å². The predicted octanol–water partition coefficient (Wildman–Crippen LogP) is 5.14. The normalized spacial score (nSPS) is 11.2. The zero-order valence-corrected chi connectivity index (χ0v) is 16.8. The highest BCUT2D eigenvalue weighted by atomic mass is 35.5. The number of rotatable bonds is 6. The van der Waals surface area contributed by atoms with Gasteiger partial charge in [0.05, 0.1) is 11.7 Å².